The second-order valence-electron chi connectivity index (χ2n) is 4.70. The number of hydrogen-bond acceptors (Lipinski definition) is 6. The summed E-state index contributed by atoms with van der Waals surface area (Å²) < 4.78 is 15.7. The van der Waals surface area contributed by atoms with Crippen molar-refractivity contribution < 1.29 is 14.0 Å². The molecule has 0 bridgehead atoms. The SMILES string of the molecule is COc1cc(Cl)cc(CN(C)Cc2noc(C)n2)c1OC. The van der Waals surface area contributed by atoms with Gasteiger partial charge in [0.2, 0.25) is 5.89 Å². The van der Waals surface area contributed by atoms with Crippen LogP contribution in [0.1, 0.15) is 17.3 Å². The maximum absolute atomic E-state index is 6.11. The molecule has 1 aromatic heterocycles. The summed E-state index contributed by atoms with van der Waals surface area (Å²) in [6.45, 7) is 2.95. The summed E-state index contributed by atoms with van der Waals surface area (Å²) in [5, 5.41) is 4.48. The first kappa shape index (κ1) is 15.6. The fraction of sp³-hybridized carbons (Fsp3) is 0.429. The minimum Gasteiger partial charge on any atom is -0.493 e. The molecule has 6 nitrogen and oxygen atoms in total. The van der Waals surface area contributed by atoms with Crippen LogP contribution in [0.3, 0.4) is 0 Å². The third-order valence-corrected chi connectivity index (χ3v) is 3.16. The molecule has 0 aliphatic rings. The van der Waals surface area contributed by atoms with Gasteiger partial charge in [0.1, 0.15) is 0 Å². The van der Waals surface area contributed by atoms with Crippen LogP contribution in [0, 0.1) is 6.92 Å². The van der Waals surface area contributed by atoms with E-state index in [1.165, 1.54) is 0 Å². The highest BCUT2D eigenvalue weighted by atomic mass is 35.5. The number of rotatable bonds is 6. The van der Waals surface area contributed by atoms with Crippen LogP contribution < -0.4 is 9.47 Å². The molecule has 0 amide bonds. The summed E-state index contributed by atoms with van der Waals surface area (Å²) in [6, 6.07) is 3.59. The molecule has 0 saturated heterocycles. The van der Waals surface area contributed by atoms with E-state index in [1.54, 1.807) is 27.2 Å². The van der Waals surface area contributed by atoms with Crippen molar-refractivity contribution in [2.45, 2.75) is 20.0 Å². The number of ether oxygens (including phenoxy) is 2. The van der Waals surface area contributed by atoms with Gasteiger partial charge in [0, 0.05) is 30.1 Å². The van der Waals surface area contributed by atoms with Crippen LogP contribution in [-0.2, 0) is 13.1 Å². The molecule has 0 atom stereocenters. The number of benzene rings is 1. The Morgan fingerprint density at radius 1 is 1.24 bits per heavy atom. The quantitative estimate of drug-likeness (QED) is 0.817. The van der Waals surface area contributed by atoms with E-state index in [9.17, 15) is 0 Å². The van der Waals surface area contributed by atoms with Gasteiger partial charge in [0.15, 0.2) is 17.3 Å². The summed E-state index contributed by atoms with van der Waals surface area (Å²) in [4.78, 5) is 6.22. The molecule has 0 radical (unpaired) electrons. The molecule has 0 fully saturated rings. The number of nitrogens with zero attached hydrogens (tertiary/aromatic N) is 3. The highest BCUT2D eigenvalue weighted by molar-refractivity contribution is 6.30. The Bertz CT molecular complexity index is 616. The molecule has 1 heterocycles. The minimum absolute atomic E-state index is 0.556. The molecule has 7 heteroatoms. The molecule has 21 heavy (non-hydrogen) atoms. The molecule has 0 spiro atoms. The van der Waals surface area contributed by atoms with Gasteiger partial charge in [-0.3, -0.25) is 4.90 Å². The molecule has 1 aromatic carbocycles. The highest BCUT2D eigenvalue weighted by Gasteiger charge is 2.15. The predicted octanol–water partition coefficient (Wildman–Crippen LogP) is 2.68. The zero-order valence-electron chi connectivity index (χ0n) is 12.5. The van der Waals surface area contributed by atoms with Crippen molar-refractivity contribution in [3.8, 4) is 11.5 Å². The van der Waals surface area contributed by atoms with Crippen molar-refractivity contribution in [1.82, 2.24) is 15.0 Å². The zero-order chi connectivity index (χ0) is 15.4. The molecule has 0 aliphatic heterocycles. The lowest BCUT2D eigenvalue weighted by Crippen LogP contribution is -2.18. The van der Waals surface area contributed by atoms with Gasteiger partial charge in [-0.15, -0.1) is 0 Å². The third kappa shape index (κ3) is 3.86. The average molecular weight is 312 g/mol. The predicted molar refractivity (Wildman–Crippen MR) is 78.8 cm³/mol. The molecular weight excluding hydrogens is 294 g/mol. The largest absolute Gasteiger partial charge is 0.493 e. The summed E-state index contributed by atoms with van der Waals surface area (Å²) in [7, 11) is 5.15. The Morgan fingerprint density at radius 2 is 2.00 bits per heavy atom. The van der Waals surface area contributed by atoms with E-state index in [0.29, 0.717) is 41.3 Å². The van der Waals surface area contributed by atoms with Crippen LogP contribution in [-0.4, -0.2) is 36.3 Å². The molecule has 0 aliphatic carbocycles. The Morgan fingerprint density at radius 3 is 2.57 bits per heavy atom. The fourth-order valence-electron chi connectivity index (χ4n) is 2.12. The molecule has 114 valence electrons. The van der Waals surface area contributed by atoms with E-state index in [0.717, 1.165) is 5.56 Å². The Kier molecular flexibility index (Phi) is 5.03. The first-order chi connectivity index (χ1) is 10.0. The van der Waals surface area contributed by atoms with Gasteiger partial charge in [-0.25, -0.2) is 0 Å². The summed E-state index contributed by atoms with van der Waals surface area (Å²) >= 11 is 6.11. The molecule has 0 N–H and O–H groups in total. The number of aryl methyl sites for hydroxylation is 1. The van der Waals surface area contributed by atoms with Crippen molar-refractivity contribution >= 4 is 11.6 Å². The van der Waals surface area contributed by atoms with Crippen molar-refractivity contribution in [1.29, 1.82) is 0 Å². The Labute approximate surface area is 128 Å². The van der Waals surface area contributed by atoms with Crippen LogP contribution in [0.15, 0.2) is 16.7 Å². The summed E-state index contributed by atoms with van der Waals surface area (Å²) in [5.41, 5.74) is 0.935. The molecular formula is C14H18ClN3O3. The van der Waals surface area contributed by atoms with Crippen LogP contribution >= 0.6 is 11.6 Å². The molecule has 0 saturated carbocycles. The normalized spacial score (nSPS) is 11.0. The van der Waals surface area contributed by atoms with Crippen LogP contribution in [0.5, 0.6) is 11.5 Å². The topological polar surface area (TPSA) is 60.6 Å². The minimum atomic E-state index is 0.556. The first-order valence-corrected chi connectivity index (χ1v) is 6.79. The van der Waals surface area contributed by atoms with Crippen molar-refractivity contribution in [3.05, 3.63) is 34.4 Å². The van der Waals surface area contributed by atoms with Gasteiger partial charge in [-0.05, 0) is 13.1 Å². The average Bonchev–Trinajstić information content (AvgIpc) is 2.83. The van der Waals surface area contributed by atoms with Gasteiger partial charge in [0.25, 0.3) is 0 Å². The first-order valence-electron chi connectivity index (χ1n) is 6.41. The number of aromatic nitrogens is 2. The number of hydrogen-bond donors (Lipinski definition) is 0. The van der Waals surface area contributed by atoms with Gasteiger partial charge < -0.3 is 14.0 Å². The lowest BCUT2D eigenvalue weighted by Gasteiger charge is -2.18. The van der Waals surface area contributed by atoms with E-state index in [-0.39, 0.29) is 0 Å². The standard InChI is InChI=1S/C14H18ClN3O3/c1-9-16-13(17-21-9)8-18(2)7-10-5-11(15)6-12(19-3)14(10)20-4/h5-6H,7-8H2,1-4H3. The lowest BCUT2D eigenvalue weighted by molar-refractivity contribution is 0.290. The number of halogens is 1. The van der Waals surface area contributed by atoms with Crippen LogP contribution in [0.2, 0.25) is 5.02 Å². The van der Waals surface area contributed by atoms with E-state index in [2.05, 4.69) is 10.1 Å². The van der Waals surface area contributed by atoms with Gasteiger partial charge in [-0.2, -0.15) is 4.98 Å². The van der Waals surface area contributed by atoms with Crippen molar-refractivity contribution in [2.75, 3.05) is 21.3 Å². The fourth-order valence-corrected chi connectivity index (χ4v) is 2.35. The van der Waals surface area contributed by atoms with E-state index in [4.69, 9.17) is 25.6 Å². The van der Waals surface area contributed by atoms with E-state index >= 15 is 0 Å². The van der Waals surface area contributed by atoms with Crippen LogP contribution in [0.4, 0.5) is 0 Å². The molecule has 2 rings (SSSR count). The third-order valence-electron chi connectivity index (χ3n) is 2.94. The maximum atomic E-state index is 6.11. The molecule has 2 aromatic rings. The molecule has 0 unspecified atom stereocenters. The number of methoxy groups -OCH3 is 2. The van der Waals surface area contributed by atoms with E-state index in [1.807, 2.05) is 18.0 Å². The smallest absolute Gasteiger partial charge is 0.223 e. The monoisotopic (exact) mass is 311 g/mol. The van der Waals surface area contributed by atoms with Crippen molar-refractivity contribution in [2.24, 2.45) is 0 Å². The second kappa shape index (κ2) is 6.78. The Balaban J connectivity index is 2.16. The van der Waals surface area contributed by atoms with Crippen molar-refractivity contribution in [3.63, 3.8) is 0 Å². The van der Waals surface area contributed by atoms with Crippen LogP contribution in [0.25, 0.3) is 0 Å². The summed E-state index contributed by atoms with van der Waals surface area (Å²) in [5.74, 6) is 2.49. The zero-order valence-corrected chi connectivity index (χ0v) is 13.3. The summed E-state index contributed by atoms with van der Waals surface area (Å²) in [6.07, 6.45) is 0. The maximum Gasteiger partial charge on any atom is 0.223 e. The second-order valence-corrected chi connectivity index (χ2v) is 5.14. The van der Waals surface area contributed by atoms with E-state index < -0.39 is 0 Å². The van der Waals surface area contributed by atoms with Gasteiger partial charge in [-0.1, -0.05) is 16.8 Å². The lowest BCUT2D eigenvalue weighted by atomic mass is 10.1. The van der Waals surface area contributed by atoms with Gasteiger partial charge >= 0.3 is 0 Å². The highest BCUT2D eigenvalue weighted by Crippen LogP contribution is 2.35. The van der Waals surface area contributed by atoms with Gasteiger partial charge in [0.05, 0.1) is 20.8 Å². The Hall–Kier alpha value is -1.79.